The highest BCUT2D eigenvalue weighted by Crippen LogP contribution is 2.10. The molecule has 9 heteroatoms. The predicted molar refractivity (Wildman–Crippen MR) is 40.8 cm³/mol. The van der Waals surface area contributed by atoms with E-state index in [4.69, 9.17) is 20.5 Å². The van der Waals surface area contributed by atoms with Crippen LogP contribution in [0.4, 0.5) is 0 Å². The molecule has 0 aromatic carbocycles. The summed E-state index contributed by atoms with van der Waals surface area (Å²) >= 11 is 0. The monoisotopic (exact) mass is 214 g/mol. The Bertz CT molecular complexity index is 296. The average molecular weight is 214 g/mol. The molecule has 0 aliphatic rings. The molecule has 0 radical (unpaired) electrons. The van der Waals surface area contributed by atoms with Crippen LogP contribution in [0.3, 0.4) is 0 Å². The summed E-state index contributed by atoms with van der Waals surface area (Å²) in [6, 6.07) is 0. The normalized spacial score (nSPS) is 19.1. The van der Waals surface area contributed by atoms with Crippen LogP contribution >= 0.6 is 0 Å². The van der Waals surface area contributed by atoms with Crippen LogP contribution in [0.1, 0.15) is 0 Å². The van der Waals surface area contributed by atoms with E-state index in [-0.39, 0.29) is 0 Å². The van der Waals surface area contributed by atoms with Crippen molar-refractivity contribution in [3.05, 3.63) is 0 Å². The van der Waals surface area contributed by atoms with Crippen molar-refractivity contribution in [3.63, 3.8) is 0 Å². The predicted octanol–water partition coefficient (Wildman–Crippen LogP) is -3.63. The zero-order valence-corrected chi connectivity index (χ0v) is 7.23. The van der Waals surface area contributed by atoms with Crippen LogP contribution in [0.15, 0.2) is 0 Å². The van der Waals surface area contributed by atoms with E-state index < -0.39 is 33.6 Å². The maximum atomic E-state index is 10.5. The number of hydrogen-bond donors (Lipinski definition) is 5. The third-order valence-electron chi connectivity index (χ3n) is 1.41. The average Bonchev–Trinajstić information content (AvgIpc) is 1.83. The summed E-state index contributed by atoms with van der Waals surface area (Å²) in [5, 5.41) is 15.2. The smallest absolute Gasteiger partial charge is 0.274 e. The molecule has 1 amide bonds. The molecular weight excluding hydrogens is 204 g/mol. The van der Waals surface area contributed by atoms with E-state index in [1.54, 1.807) is 0 Å². The largest absolute Gasteiger partial charge is 0.395 e. The van der Waals surface area contributed by atoms with Crippen molar-refractivity contribution in [2.45, 2.75) is 11.0 Å². The van der Waals surface area contributed by atoms with Gasteiger partial charge in [-0.15, -0.1) is 0 Å². The Labute approximate surface area is 73.9 Å². The van der Waals surface area contributed by atoms with Gasteiger partial charge in [-0.3, -0.25) is 15.1 Å². The van der Waals surface area contributed by atoms with E-state index in [2.05, 4.69) is 5.73 Å². The number of hydrogen-bond acceptors (Lipinski definition) is 6. The molecule has 0 saturated heterocycles. The van der Waals surface area contributed by atoms with E-state index in [1.807, 2.05) is 0 Å². The van der Waals surface area contributed by atoms with E-state index in [0.29, 0.717) is 0 Å². The quantitative estimate of drug-likeness (QED) is 0.238. The Kier molecular flexibility index (Phi) is 3.35. The zero-order chi connectivity index (χ0) is 10.9. The number of nitrogens with two attached hydrogens (primary N) is 2. The number of aliphatic hydroxyl groups is 2. The molecule has 78 valence electrons. The fourth-order valence-electron chi connectivity index (χ4n) is 0.619. The van der Waals surface area contributed by atoms with Gasteiger partial charge in [0, 0.05) is 0 Å². The molecule has 0 aliphatic heterocycles. The second kappa shape index (κ2) is 3.55. The molecule has 0 spiro atoms. The van der Waals surface area contributed by atoms with E-state index in [9.17, 15) is 13.2 Å². The lowest BCUT2D eigenvalue weighted by Gasteiger charge is -2.25. The number of aliphatic hydroxyl groups excluding tert-OH is 1. The molecule has 0 heterocycles. The Morgan fingerprint density at radius 1 is 1.54 bits per heavy atom. The number of amides is 1. The second-order valence-corrected chi connectivity index (χ2v) is 3.97. The van der Waals surface area contributed by atoms with Gasteiger partial charge in [-0.1, -0.05) is 0 Å². The van der Waals surface area contributed by atoms with Crippen LogP contribution in [0.25, 0.3) is 0 Å². The second-order valence-electron chi connectivity index (χ2n) is 2.38. The zero-order valence-electron chi connectivity index (χ0n) is 6.41. The summed E-state index contributed by atoms with van der Waals surface area (Å²) in [6.45, 7) is -1.23. The van der Waals surface area contributed by atoms with Crippen molar-refractivity contribution in [1.29, 1.82) is 0 Å². The van der Waals surface area contributed by atoms with Gasteiger partial charge in [-0.05, 0) is 0 Å². The van der Waals surface area contributed by atoms with Crippen LogP contribution in [0, 0.1) is 0 Å². The Balaban J connectivity index is 5.12. The summed E-state index contributed by atoms with van der Waals surface area (Å²) in [4.78, 5) is 10.4. The van der Waals surface area contributed by atoms with Crippen molar-refractivity contribution in [1.82, 2.24) is 0 Å². The molecule has 0 aromatic rings. The van der Waals surface area contributed by atoms with Gasteiger partial charge >= 0.3 is 0 Å². The summed E-state index contributed by atoms with van der Waals surface area (Å²) in [6.07, 6.45) is 0. The first-order valence-electron chi connectivity index (χ1n) is 3.02. The minimum Gasteiger partial charge on any atom is -0.395 e. The highest BCUT2D eigenvalue weighted by atomic mass is 32.2. The third-order valence-corrected chi connectivity index (χ3v) is 2.64. The standard InChI is InChI=1S/C4H10N2O6S/c5-3(8)4(6,9)2(1-7)13(10,11)12/h2,7,9H,1,6H2,(H2,5,8)(H,10,11,12)/t2-,4-/m1/s1. The Morgan fingerprint density at radius 3 is 2.00 bits per heavy atom. The van der Waals surface area contributed by atoms with Gasteiger partial charge in [0.05, 0.1) is 6.61 Å². The summed E-state index contributed by atoms with van der Waals surface area (Å²) in [7, 11) is -4.84. The lowest BCUT2D eigenvalue weighted by molar-refractivity contribution is -0.136. The number of rotatable bonds is 4. The van der Waals surface area contributed by atoms with Crippen molar-refractivity contribution in [2.24, 2.45) is 11.5 Å². The molecule has 7 N–H and O–H groups in total. The van der Waals surface area contributed by atoms with E-state index >= 15 is 0 Å². The van der Waals surface area contributed by atoms with Crippen molar-refractivity contribution in [3.8, 4) is 0 Å². The van der Waals surface area contributed by atoms with Gasteiger partial charge in [-0.25, -0.2) is 0 Å². The Morgan fingerprint density at radius 2 is 1.92 bits per heavy atom. The topological polar surface area (TPSA) is 164 Å². The molecule has 0 aromatic heterocycles. The molecular formula is C4H10N2O6S. The van der Waals surface area contributed by atoms with Gasteiger partial charge in [0.2, 0.25) is 5.72 Å². The first kappa shape index (κ1) is 12.3. The number of carbonyl (C=O) groups is 1. The Hall–Kier alpha value is -0.740. The molecule has 8 nitrogen and oxygen atoms in total. The molecule has 0 rings (SSSR count). The van der Waals surface area contributed by atoms with E-state index in [0.717, 1.165) is 0 Å². The van der Waals surface area contributed by atoms with Crippen molar-refractivity contribution < 1.29 is 28.0 Å². The number of carbonyl (C=O) groups excluding carboxylic acids is 1. The molecule has 0 saturated carbocycles. The van der Waals surface area contributed by atoms with Crippen LogP contribution in [0.2, 0.25) is 0 Å². The third kappa shape index (κ3) is 2.60. The van der Waals surface area contributed by atoms with Gasteiger partial charge < -0.3 is 15.9 Å². The first-order chi connectivity index (χ1) is 5.64. The van der Waals surface area contributed by atoms with Crippen LogP contribution in [-0.2, 0) is 14.9 Å². The molecule has 0 unspecified atom stereocenters. The lowest BCUT2D eigenvalue weighted by atomic mass is 10.1. The number of primary amides is 1. The van der Waals surface area contributed by atoms with Crippen molar-refractivity contribution >= 4 is 16.0 Å². The molecule has 2 atom stereocenters. The molecule has 0 fully saturated rings. The maximum absolute atomic E-state index is 10.5. The summed E-state index contributed by atoms with van der Waals surface area (Å²) in [5.74, 6) is -1.57. The first-order valence-corrected chi connectivity index (χ1v) is 4.52. The van der Waals surface area contributed by atoms with Gasteiger partial charge in [0.1, 0.15) is 0 Å². The minimum atomic E-state index is -4.84. The highest BCUT2D eigenvalue weighted by molar-refractivity contribution is 7.86. The van der Waals surface area contributed by atoms with Crippen molar-refractivity contribution in [2.75, 3.05) is 6.61 Å². The maximum Gasteiger partial charge on any atom is 0.274 e. The van der Waals surface area contributed by atoms with Gasteiger partial charge in [0.25, 0.3) is 16.0 Å². The fourth-order valence-corrected chi connectivity index (χ4v) is 1.38. The highest BCUT2D eigenvalue weighted by Gasteiger charge is 2.46. The fraction of sp³-hybridized carbons (Fsp3) is 0.750. The van der Waals surface area contributed by atoms with E-state index in [1.165, 1.54) is 0 Å². The summed E-state index contributed by atoms with van der Waals surface area (Å²) < 4.78 is 29.3. The lowest BCUT2D eigenvalue weighted by Crippen LogP contribution is -2.63. The SMILES string of the molecule is NC(=O)[C@](N)(O)[C@@H](CO)S(=O)(=O)O. The van der Waals surface area contributed by atoms with Crippen LogP contribution in [-0.4, -0.2) is 46.7 Å². The van der Waals surface area contributed by atoms with Crippen LogP contribution < -0.4 is 11.5 Å². The molecule has 0 bridgehead atoms. The van der Waals surface area contributed by atoms with Gasteiger partial charge in [-0.2, -0.15) is 8.42 Å². The van der Waals surface area contributed by atoms with Crippen LogP contribution in [0.5, 0.6) is 0 Å². The molecule has 0 aliphatic carbocycles. The minimum absolute atomic E-state index is 1.23. The molecule has 13 heavy (non-hydrogen) atoms. The van der Waals surface area contributed by atoms with Gasteiger partial charge in [0.15, 0.2) is 5.25 Å². The summed E-state index contributed by atoms with van der Waals surface area (Å²) in [5.41, 5.74) is 6.33.